The third-order valence-corrected chi connectivity index (χ3v) is 6.94. The summed E-state index contributed by atoms with van der Waals surface area (Å²) in [6.45, 7) is 1.89. The van der Waals surface area contributed by atoms with Gasteiger partial charge in [0.25, 0.3) is 5.91 Å². The van der Waals surface area contributed by atoms with Crippen molar-refractivity contribution in [2.24, 2.45) is 4.99 Å². The Hall–Kier alpha value is -4.10. The molecule has 0 unspecified atom stereocenters. The molecule has 2 aromatic carbocycles. The molecular formula is C26H26F2N8O2S. The number of aromatic nitrogens is 2. The zero-order valence-corrected chi connectivity index (χ0v) is 22.1. The van der Waals surface area contributed by atoms with E-state index in [1.807, 2.05) is 19.0 Å². The molecule has 3 amide bonds. The van der Waals surface area contributed by atoms with Crippen molar-refractivity contribution in [3.63, 3.8) is 0 Å². The van der Waals surface area contributed by atoms with Crippen molar-refractivity contribution >= 4 is 46.3 Å². The lowest BCUT2D eigenvalue weighted by Gasteiger charge is -2.30. The molecule has 0 radical (unpaired) electrons. The predicted molar refractivity (Wildman–Crippen MR) is 147 cm³/mol. The Morgan fingerprint density at radius 1 is 1.13 bits per heavy atom. The highest BCUT2D eigenvalue weighted by molar-refractivity contribution is 8.14. The van der Waals surface area contributed by atoms with Gasteiger partial charge in [-0.3, -0.25) is 9.79 Å². The summed E-state index contributed by atoms with van der Waals surface area (Å²) in [6, 6.07) is 9.46. The van der Waals surface area contributed by atoms with Gasteiger partial charge < -0.3 is 20.9 Å². The summed E-state index contributed by atoms with van der Waals surface area (Å²) in [5.41, 5.74) is 1.48. The maximum atomic E-state index is 14.8. The van der Waals surface area contributed by atoms with Gasteiger partial charge in [-0.2, -0.15) is 4.98 Å². The minimum atomic E-state index is -0.902. The number of para-hydroxylation sites is 1. The van der Waals surface area contributed by atoms with E-state index >= 15 is 0 Å². The topological polar surface area (TPSA) is 115 Å². The number of aliphatic imine (C=N–C) groups is 1. The Morgan fingerprint density at radius 3 is 2.54 bits per heavy atom. The Labute approximate surface area is 227 Å². The van der Waals surface area contributed by atoms with E-state index in [1.165, 1.54) is 17.8 Å². The maximum Gasteiger partial charge on any atom is 0.328 e. The molecule has 10 nitrogen and oxygen atoms in total. The third-order valence-electron chi connectivity index (χ3n) is 6.05. The number of fused-ring (bicyclic) bond motifs is 1. The molecule has 5 rings (SSSR count). The summed E-state index contributed by atoms with van der Waals surface area (Å²) >= 11 is 1.49. The van der Waals surface area contributed by atoms with Gasteiger partial charge in [0.05, 0.1) is 18.8 Å². The maximum absolute atomic E-state index is 14.8. The fraction of sp³-hybridized carbons (Fsp3) is 0.269. The van der Waals surface area contributed by atoms with E-state index in [1.54, 1.807) is 24.3 Å². The first kappa shape index (κ1) is 26.5. The Balaban J connectivity index is 1.55. The summed E-state index contributed by atoms with van der Waals surface area (Å²) in [6.07, 6.45) is 0. The largest absolute Gasteiger partial charge is 0.353 e. The number of amidine groups is 1. The van der Waals surface area contributed by atoms with Gasteiger partial charge >= 0.3 is 6.03 Å². The second-order valence-corrected chi connectivity index (χ2v) is 10.1. The van der Waals surface area contributed by atoms with Crippen LogP contribution < -0.4 is 20.9 Å². The normalized spacial score (nSPS) is 14.6. The van der Waals surface area contributed by atoms with E-state index in [2.05, 4.69) is 30.9 Å². The van der Waals surface area contributed by atoms with E-state index < -0.39 is 23.4 Å². The molecule has 3 aromatic rings. The summed E-state index contributed by atoms with van der Waals surface area (Å²) in [7, 11) is 3.84. The van der Waals surface area contributed by atoms with E-state index in [9.17, 15) is 18.4 Å². The monoisotopic (exact) mass is 552 g/mol. The number of urea groups is 1. The Kier molecular flexibility index (Phi) is 7.70. The van der Waals surface area contributed by atoms with E-state index in [-0.39, 0.29) is 24.2 Å². The van der Waals surface area contributed by atoms with Crippen LogP contribution in [0, 0.1) is 11.6 Å². The standard InChI is InChI=1S/C26H26F2N8O2S/c1-35(2)12-10-29-24-32-20(15-6-8-16(9-7-15)23(37)34-25-30-11-13-39-25)17-14-31-26(38)36(22(17)33-24)21-18(27)4-3-5-19(21)28/h3-9H,10-14H2,1-2H3,(H,31,38)(H,29,32,33)(H,30,34,37). The first-order valence-electron chi connectivity index (χ1n) is 12.2. The zero-order valence-electron chi connectivity index (χ0n) is 21.3. The van der Waals surface area contributed by atoms with Gasteiger partial charge in [-0.25, -0.2) is 23.5 Å². The highest BCUT2D eigenvalue weighted by Gasteiger charge is 2.34. The fourth-order valence-electron chi connectivity index (χ4n) is 4.14. The third kappa shape index (κ3) is 5.68. The lowest BCUT2D eigenvalue weighted by Crippen LogP contribution is -2.43. The van der Waals surface area contributed by atoms with Crippen LogP contribution in [0.2, 0.25) is 0 Å². The first-order chi connectivity index (χ1) is 18.8. The number of rotatable bonds is 7. The molecule has 0 saturated carbocycles. The molecule has 3 N–H and O–H groups in total. The molecule has 0 spiro atoms. The molecule has 202 valence electrons. The smallest absolute Gasteiger partial charge is 0.328 e. The van der Waals surface area contributed by atoms with Crippen LogP contribution in [0.1, 0.15) is 15.9 Å². The van der Waals surface area contributed by atoms with Gasteiger partial charge in [0.2, 0.25) is 5.95 Å². The van der Waals surface area contributed by atoms with Crippen molar-refractivity contribution in [3.05, 3.63) is 65.2 Å². The summed E-state index contributed by atoms with van der Waals surface area (Å²) in [5.74, 6) is -0.985. The first-order valence-corrected chi connectivity index (χ1v) is 13.2. The number of likely N-dealkylation sites (N-methyl/N-ethyl adjacent to an activating group) is 1. The molecule has 0 saturated heterocycles. The summed E-state index contributed by atoms with van der Waals surface area (Å²) in [5, 5.41) is 9.19. The Bertz CT molecular complexity index is 1430. The van der Waals surface area contributed by atoms with Crippen LogP contribution in [0.4, 0.5) is 31.0 Å². The van der Waals surface area contributed by atoms with Crippen molar-refractivity contribution in [1.29, 1.82) is 0 Å². The van der Waals surface area contributed by atoms with Gasteiger partial charge in [0.1, 0.15) is 17.3 Å². The number of benzene rings is 2. The number of anilines is 3. The average molecular weight is 553 g/mol. The van der Waals surface area contributed by atoms with Crippen LogP contribution in [0.15, 0.2) is 47.5 Å². The number of nitrogens with zero attached hydrogens (tertiary/aromatic N) is 5. The van der Waals surface area contributed by atoms with Crippen LogP contribution in [-0.4, -0.2) is 71.5 Å². The van der Waals surface area contributed by atoms with Crippen molar-refractivity contribution in [1.82, 2.24) is 25.5 Å². The van der Waals surface area contributed by atoms with Crippen LogP contribution in [0.3, 0.4) is 0 Å². The number of carbonyl (C=O) groups is 2. The molecule has 2 aliphatic rings. The average Bonchev–Trinajstić information content (AvgIpc) is 3.42. The molecule has 13 heteroatoms. The quantitative estimate of drug-likeness (QED) is 0.410. The van der Waals surface area contributed by atoms with E-state index in [0.29, 0.717) is 47.2 Å². The number of hydrogen-bond donors (Lipinski definition) is 3. The second kappa shape index (κ2) is 11.3. The van der Waals surface area contributed by atoms with Crippen molar-refractivity contribution in [2.45, 2.75) is 6.54 Å². The molecule has 0 atom stereocenters. The van der Waals surface area contributed by atoms with Crippen LogP contribution in [0.25, 0.3) is 11.3 Å². The van der Waals surface area contributed by atoms with Crippen LogP contribution in [0.5, 0.6) is 0 Å². The number of hydrogen-bond acceptors (Lipinski definition) is 8. The van der Waals surface area contributed by atoms with Gasteiger partial charge in [0, 0.05) is 35.5 Å². The van der Waals surface area contributed by atoms with Gasteiger partial charge in [0.15, 0.2) is 11.0 Å². The molecule has 0 aliphatic carbocycles. The highest BCUT2D eigenvalue weighted by Crippen LogP contribution is 2.38. The number of nitrogens with one attached hydrogen (secondary N) is 3. The number of amides is 3. The molecule has 3 heterocycles. The van der Waals surface area contributed by atoms with Crippen LogP contribution in [-0.2, 0) is 6.54 Å². The molecule has 2 aliphatic heterocycles. The van der Waals surface area contributed by atoms with Gasteiger partial charge in [-0.05, 0) is 38.4 Å². The van der Waals surface area contributed by atoms with E-state index in [4.69, 9.17) is 0 Å². The lowest BCUT2D eigenvalue weighted by atomic mass is 10.0. The second-order valence-electron chi connectivity index (χ2n) is 9.06. The lowest BCUT2D eigenvalue weighted by molar-refractivity contribution is 0.0978. The summed E-state index contributed by atoms with van der Waals surface area (Å²) < 4.78 is 29.6. The fourth-order valence-corrected chi connectivity index (χ4v) is 4.86. The van der Waals surface area contributed by atoms with Crippen LogP contribution >= 0.6 is 11.8 Å². The highest BCUT2D eigenvalue weighted by atomic mass is 32.2. The van der Waals surface area contributed by atoms with Crippen molar-refractivity contribution < 1.29 is 18.4 Å². The number of thioether (sulfide) groups is 1. The summed E-state index contributed by atoms with van der Waals surface area (Å²) in [4.78, 5) is 41.9. The molecule has 0 fully saturated rings. The molecular weight excluding hydrogens is 526 g/mol. The minimum absolute atomic E-state index is 0.0489. The Morgan fingerprint density at radius 2 is 1.87 bits per heavy atom. The van der Waals surface area contributed by atoms with Gasteiger partial charge in [-0.15, -0.1) is 0 Å². The minimum Gasteiger partial charge on any atom is -0.353 e. The molecule has 39 heavy (non-hydrogen) atoms. The van der Waals surface area contributed by atoms with Gasteiger partial charge in [-0.1, -0.05) is 30.0 Å². The number of halogens is 2. The molecule has 0 bridgehead atoms. The molecule has 1 aromatic heterocycles. The predicted octanol–water partition coefficient (Wildman–Crippen LogP) is 3.59. The van der Waals surface area contributed by atoms with Crippen molar-refractivity contribution in [3.8, 4) is 11.3 Å². The van der Waals surface area contributed by atoms with Crippen molar-refractivity contribution in [2.75, 3.05) is 49.7 Å². The zero-order chi connectivity index (χ0) is 27.5. The van der Waals surface area contributed by atoms with E-state index in [0.717, 1.165) is 22.8 Å². The number of carbonyl (C=O) groups excluding carboxylic acids is 2. The SMILES string of the molecule is CN(C)CCNc1nc(-c2ccc(C(=O)NC3=NCCS3)cc2)c2c(n1)N(c1c(F)cccc1F)C(=O)NC2.